The molecule has 0 aliphatic carbocycles. The molecule has 20 heavy (non-hydrogen) atoms. The van der Waals surface area contributed by atoms with Crippen molar-refractivity contribution in [3.05, 3.63) is 0 Å². The predicted molar refractivity (Wildman–Crippen MR) is 82.9 cm³/mol. The Morgan fingerprint density at radius 3 is 1.85 bits per heavy atom. The summed E-state index contributed by atoms with van der Waals surface area (Å²) in [6, 6.07) is 0. The summed E-state index contributed by atoms with van der Waals surface area (Å²) in [4.78, 5) is 22.3. The average Bonchev–Trinajstić information content (AvgIpc) is 2.37. The molecule has 0 bridgehead atoms. The van der Waals surface area contributed by atoms with Crippen LogP contribution in [-0.2, 0) is 14.3 Å². The second-order valence-electron chi connectivity index (χ2n) is 4.95. The van der Waals surface area contributed by atoms with Crippen LogP contribution >= 0.6 is 0 Å². The predicted octanol–water partition coefficient (Wildman–Crippen LogP) is 3.57. The lowest BCUT2D eigenvalue weighted by Crippen LogP contribution is -2.23. The Balaban J connectivity index is 0. The molecular weight excluding hydrogens is 256 g/mol. The molecule has 0 aliphatic heterocycles. The molecule has 0 aromatic carbocycles. The first kappa shape index (κ1) is 21.4. The molecule has 0 aromatic rings. The zero-order valence-corrected chi connectivity index (χ0v) is 13.5. The van der Waals surface area contributed by atoms with Crippen LogP contribution in [0.3, 0.4) is 0 Å². The van der Waals surface area contributed by atoms with E-state index in [4.69, 9.17) is 0 Å². The van der Waals surface area contributed by atoms with Crippen LogP contribution < -0.4 is 11.5 Å². The van der Waals surface area contributed by atoms with Gasteiger partial charge in [-0.2, -0.15) is 0 Å². The number of ether oxygens (including phenoxy) is 1. The number of carbonyl (C=O) groups excluding carboxylic acids is 2. The number of likely N-dealkylation sites (N-methyl/N-ethyl adjacent to an activating group) is 1. The Morgan fingerprint density at radius 1 is 0.850 bits per heavy atom. The molecule has 0 radical (unpaired) electrons. The molecule has 0 aliphatic rings. The van der Waals surface area contributed by atoms with Gasteiger partial charge in [-0.1, -0.05) is 58.3 Å². The first-order valence-corrected chi connectivity index (χ1v) is 7.58. The van der Waals surface area contributed by atoms with Crippen LogP contribution in [0.25, 0.3) is 0 Å². The van der Waals surface area contributed by atoms with E-state index in [1.54, 1.807) is 7.05 Å². The number of quaternary nitrogens is 1. The van der Waals surface area contributed by atoms with Crippen molar-refractivity contribution in [2.24, 2.45) is 0 Å². The molecular formula is C15H33N2O3+. The van der Waals surface area contributed by atoms with Crippen LogP contribution in [0.1, 0.15) is 71.1 Å². The molecule has 0 unspecified atom stereocenters. The summed E-state index contributed by atoms with van der Waals surface area (Å²) in [5.41, 5.74) is 0. The highest BCUT2D eigenvalue weighted by Crippen LogP contribution is 2.10. The van der Waals surface area contributed by atoms with Gasteiger partial charge in [0.1, 0.15) is 0 Å². The molecule has 0 amide bonds. The second kappa shape index (κ2) is 16.1. The van der Waals surface area contributed by atoms with Crippen molar-refractivity contribution >= 4 is 11.9 Å². The first-order valence-electron chi connectivity index (χ1n) is 7.58. The monoisotopic (exact) mass is 289 g/mol. The number of hydrogen-bond acceptors (Lipinski definition) is 4. The minimum Gasteiger partial charge on any atom is -0.392 e. The Labute approximate surface area is 123 Å². The normalized spacial score (nSPS) is 9.90. The van der Waals surface area contributed by atoms with Crippen LogP contribution in [0.4, 0.5) is 0 Å². The minimum absolute atomic E-state index is 0. The maximum Gasteiger partial charge on any atom is 0.327 e. The van der Waals surface area contributed by atoms with Gasteiger partial charge >= 0.3 is 11.9 Å². The van der Waals surface area contributed by atoms with E-state index in [1.807, 2.05) is 0 Å². The largest absolute Gasteiger partial charge is 0.392 e. The SMILES string of the molecule is CCCCCCCCCCCC(=O)OC(=O)CNC.[NH4+]. The standard InChI is InChI=1S/C15H29NO3.H3N/c1-3-4-5-6-7-8-9-10-11-12-14(17)19-15(18)13-16-2;/h16H,3-13H2,1-2H3;1H3/p+1. The third-order valence-corrected chi connectivity index (χ3v) is 3.03. The number of carbonyl (C=O) groups is 2. The van der Waals surface area contributed by atoms with Crippen molar-refractivity contribution in [1.82, 2.24) is 11.5 Å². The number of nitrogens with one attached hydrogen (secondary N) is 1. The molecule has 5 heteroatoms. The molecule has 0 spiro atoms. The highest BCUT2D eigenvalue weighted by Gasteiger charge is 2.08. The Bertz CT molecular complexity index is 245. The highest BCUT2D eigenvalue weighted by atomic mass is 16.6. The minimum atomic E-state index is -0.497. The van der Waals surface area contributed by atoms with Gasteiger partial charge in [0.15, 0.2) is 0 Å². The molecule has 5 N–H and O–H groups in total. The van der Waals surface area contributed by atoms with Gasteiger partial charge in [0.05, 0.1) is 6.54 Å². The van der Waals surface area contributed by atoms with Crippen LogP contribution in [0, 0.1) is 0 Å². The highest BCUT2D eigenvalue weighted by molar-refractivity contribution is 5.86. The summed E-state index contributed by atoms with van der Waals surface area (Å²) in [5, 5.41) is 2.65. The van der Waals surface area contributed by atoms with Crippen LogP contribution in [-0.4, -0.2) is 25.5 Å². The van der Waals surface area contributed by atoms with E-state index < -0.39 is 11.9 Å². The molecule has 0 saturated carbocycles. The van der Waals surface area contributed by atoms with Crippen molar-refractivity contribution in [2.75, 3.05) is 13.6 Å². The lowest BCUT2D eigenvalue weighted by Gasteiger charge is -2.03. The summed E-state index contributed by atoms with van der Waals surface area (Å²) in [6.45, 7) is 2.31. The Kier molecular flexibility index (Phi) is 17.2. The van der Waals surface area contributed by atoms with E-state index in [2.05, 4.69) is 17.0 Å². The number of unbranched alkanes of at least 4 members (excludes halogenated alkanes) is 8. The molecule has 0 rings (SSSR count). The maximum absolute atomic E-state index is 11.3. The lowest BCUT2D eigenvalue weighted by atomic mass is 10.1. The zero-order valence-electron chi connectivity index (χ0n) is 13.5. The van der Waals surface area contributed by atoms with Crippen molar-refractivity contribution in [3.63, 3.8) is 0 Å². The average molecular weight is 289 g/mol. The van der Waals surface area contributed by atoms with Crippen molar-refractivity contribution in [1.29, 1.82) is 0 Å². The summed E-state index contributed by atoms with van der Waals surface area (Å²) in [7, 11) is 1.65. The van der Waals surface area contributed by atoms with Crippen molar-refractivity contribution in [3.8, 4) is 0 Å². The van der Waals surface area contributed by atoms with Gasteiger partial charge in [0, 0.05) is 6.42 Å². The van der Waals surface area contributed by atoms with E-state index in [-0.39, 0.29) is 12.7 Å². The summed E-state index contributed by atoms with van der Waals surface area (Å²) >= 11 is 0. The van der Waals surface area contributed by atoms with E-state index in [9.17, 15) is 9.59 Å². The maximum atomic E-state index is 11.3. The van der Waals surface area contributed by atoms with Gasteiger partial charge in [-0.05, 0) is 13.5 Å². The van der Waals surface area contributed by atoms with Gasteiger partial charge in [-0.15, -0.1) is 0 Å². The van der Waals surface area contributed by atoms with E-state index in [0.29, 0.717) is 6.42 Å². The summed E-state index contributed by atoms with van der Waals surface area (Å²) < 4.78 is 4.62. The Hall–Kier alpha value is -0.940. The molecule has 0 heterocycles. The summed E-state index contributed by atoms with van der Waals surface area (Å²) in [6.07, 6.45) is 11.2. The van der Waals surface area contributed by atoms with Gasteiger partial charge in [0.25, 0.3) is 0 Å². The van der Waals surface area contributed by atoms with Gasteiger partial charge < -0.3 is 16.2 Å². The second-order valence-corrected chi connectivity index (χ2v) is 4.95. The van der Waals surface area contributed by atoms with E-state index in [0.717, 1.165) is 12.8 Å². The lowest BCUT2D eigenvalue weighted by molar-refractivity contribution is -0.158. The van der Waals surface area contributed by atoms with Gasteiger partial charge in [-0.3, -0.25) is 9.59 Å². The first-order chi connectivity index (χ1) is 9.20. The Morgan fingerprint density at radius 2 is 1.35 bits per heavy atom. The van der Waals surface area contributed by atoms with Crippen molar-refractivity contribution < 1.29 is 14.3 Å². The third-order valence-electron chi connectivity index (χ3n) is 3.03. The zero-order chi connectivity index (χ0) is 14.3. The van der Waals surface area contributed by atoms with Gasteiger partial charge in [0.2, 0.25) is 0 Å². The molecule has 0 saturated heterocycles. The van der Waals surface area contributed by atoms with E-state index in [1.165, 1.54) is 44.9 Å². The number of rotatable bonds is 12. The van der Waals surface area contributed by atoms with Gasteiger partial charge in [-0.25, -0.2) is 0 Å². The molecule has 0 atom stereocenters. The van der Waals surface area contributed by atoms with Crippen LogP contribution in [0.5, 0.6) is 0 Å². The fourth-order valence-electron chi connectivity index (χ4n) is 1.94. The molecule has 5 nitrogen and oxygen atoms in total. The fraction of sp³-hybridized carbons (Fsp3) is 0.867. The fourth-order valence-corrected chi connectivity index (χ4v) is 1.94. The summed E-state index contributed by atoms with van der Waals surface area (Å²) in [5.74, 6) is -0.897. The molecule has 120 valence electrons. The molecule has 0 fully saturated rings. The molecule has 0 aromatic heterocycles. The topological polar surface area (TPSA) is 91.9 Å². The number of esters is 2. The van der Waals surface area contributed by atoms with Crippen molar-refractivity contribution in [2.45, 2.75) is 71.1 Å². The quantitative estimate of drug-likeness (QED) is 0.326. The number of hydrogen-bond donors (Lipinski definition) is 2. The van der Waals surface area contributed by atoms with Crippen LogP contribution in [0.15, 0.2) is 0 Å². The third kappa shape index (κ3) is 15.1. The van der Waals surface area contributed by atoms with E-state index >= 15 is 0 Å². The smallest absolute Gasteiger partial charge is 0.327 e. The van der Waals surface area contributed by atoms with Crippen LogP contribution in [0.2, 0.25) is 0 Å².